The van der Waals surface area contributed by atoms with Gasteiger partial charge in [-0.15, -0.1) is 0 Å². The van der Waals surface area contributed by atoms with Crippen LogP contribution in [-0.2, 0) is 15.0 Å². The second kappa shape index (κ2) is 7.99. The molecular formula is C29H26BN3O2. The molecule has 0 N–H and O–H groups in total. The maximum absolute atomic E-state index is 13.0. The van der Waals surface area contributed by atoms with E-state index in [4.69, 9.17) is 0 Å². The summed E-state index contributed by atoms with van der Waals surface area (Å²) in [6.07, 6.45) is 1.79. The Morgan fingerprint density at radius 3 is 2.49 bits per heavy atom. The van der Waals surface area contributed by atoms with Crippen LogP contribution in [0.15, 0.2) is 71.3 Å². The van der Waals surface area contributed by atoms with E-state index < -0.39 is 5.91 Å². The van der Waals surface area contributed by atoms with Crippen molar-refractivity contribution < 1.29 is 9.59 Å². The van der Waals surface area contributed by atoms with Crippen molar-refractivity contribution >= 4 is 48.0 Å². The summed E-state index contributed by atoms with van der Waals surface area (Å²) in [5.41, 5.74) is 6.47. The van der Waals surface area contributed by atoms with Crippen LogP contribution in [0, 0.1) is 11.3 Å². The van der Waals surface area contributed by atoms with E-state index in [-0.39, 0.29) is 23.4 Å². The Kier molecular flexibility index (Phi) is 5.18. The zero-order chi connectivity index (χ0) is 25.1. The number of likely N-dealkylation sites (N-methyl/N-ethyl adjacent to an activating group) is 1. The highest BCUT2D eigenvalue weighted by molar-refractivity contribution is 6.24. The SMILES string of the molecule is BN1c2ccccc2C(C)(C)c2c1ccc1cc(/C=C3/C(=O)N(CC)C(=O)C(C#N)=C3C)ccc21. The van der Waals surface area contributed by atoms with Crippen LogP contribution in [0.1, 0.15) is 44.4 Å². The third-order valence-electron chi connectivity index (χ3n) is 7.40. The lowest BCUT2D eigenvalue weighted by Gasteiger charge is -2.41. The van der Waals surface area contributed by atoms with Gasteiger partial charge in [-0.1, -0.05) is 50.2 Å². The highest BCUT2D eigenvalue weighted by Gasteiger charge is 2.36. The highest BCUT2D eigenvalue weighted by atomic mass is 16.2. The van der Waals surface area contributed by atoms with Gasteiger partial charge in [-0.2, -0.15) is 5.26 Å². The summed E-state index contributed by atoms with van der Waals surface area (Å²) >= 11 is 0. The molecule has 35 heavy (non-hydrogen) atoms. The van der Waals surface area contributed by atoms with Gasteiger partial charge in [-0.25, -0.2) is 0 Å². The Morgan fingerprint density at radius 2 is 1.77 bits per heavy atom. The fourth-order valence-electron chi connectivity index (χ4n) is 5.51. The quantitative estimate of drug-likeness (QED) is 0.315. The molecule has 0 radical (unpaired) electrons. The van der Waals surface area contributed by atoms with Crippen LogP contribution in [0.25, 0.3) is 16.8 Å². The number of nitriles is 1. The maximum Gasteiger partial charge on any atom is 0.271 e. The lowest BCUT2D eigenvalue weighted by molar-refractivity contribution is -0.140. The Morgan fingerprint density at radius 1 is 1.03 bits per heavy atom. The van der Waals surface area contributed by atoms with Gasteiger partial charge in [0.2, 0.25) is 7.98 Å². The highest BCUT2D eigenvalue weighted by Crippen LogP contribution is 2.50. The van der Waals surface area contributed by atoms with Crippen molar-refractivity contribution in [3.05, 3.63) is 88.0 Å². The Labute approximate surface area is 206 Å². The summed E-state index contributed by atoms with van der Waals surface area (Å²) in [6.45, 7) is 8.16. The van der Waals surface area contributed by atoms with Gasteiger partial charge in [0.1, 0.15) is 11.6 Å². The largest absolute Gasteiger partial charge is 0.393 e. The molecule has 0 aromatic heterocycles. The van der Waals surface area contributed by atoms with Gasteiger partial charge in [0, 0.05) is 28.9 Å². The molecular weight excluding hydrogens is 433 g/mol. The van der Waals surface area contributed by atoms with Crippen molar-refractivity contribution in [3.63, 3.8) is 0 Å². The maximum atomic E-state index is 13.0. The first-order chi connectivity index (χ1) is 16.7. The number of imide groups is 1. The van der Waals surface area contributed by atoms with Gasteiger partial charge in [0.05, 0.1) is 0 Å². The molecule has 172 valence electrons. The minimum absolute atomic E-state index is 0.0241. The minimum atomic E-state index is -0.522. The lowest BCUT2D eigenvalue weighted by atomic mass is 9.71. The van der Waals surface area contributed by atoms with Crippen LogP contribution in [0.3, 0.4) is 0 Å². The van der Waals surface area contributed by atoms with Crippen molar-refractivity contribution in [1.29, 1.82) is 5.26 Å². The number of rotatable bonds is 2. The predicted molar refractivity (Wildman–Crippen MR) is 142 cm³/mol. The van der Waals surface area contributed by atoms with Crippen LogP contribution in [0.5, 0.6) is 0 Å². The van der Waals surface area contributed by atoms with E-state index in [9.17, 15) is 14.9 Å². The zero-order valence-electron chi connectivity index (χ0n) is 20.6. The molecule has 2 amide bonds. The van der Waals surface area contributed by atoms with Crippen molar-refractivity contribution in [2.24, 2.45) is 0 Å². The first kappa shape index (κ1) is 22.7. The summed E-state index contributed by atoms with van der Waals surface area (Å²) < 4.78 is 0. The van der Waals surface area contributed by atoms with E-state index in [0.29, 0.717) is 11.1 Å². The molecule has 2 aliphatic rings. The number of hydrogen-bond acceptors (Lipinski definition) is 4. The van der Waals surface area contributed by atoms with E-state index in [1.54, 1.807) is 19.9 Å². The van der Waals surface area contributed by atoms with Crippen LogP contribution >= 0.6 is 0 Å². The Balaban J connectivity index is 1.67. The molecule has 3 aromatic carbocycles. The first-order valence-corrected chi connectivity index (χ1v) is 11.8. The Hall–Kier alpha value is -4.11. The molecule has 5 rings (SSSR count). The smallest absolute Gasteiger partial charge is 0.271 e. The number of carbonyl (C=O) groups excluding carboxylic acids is 2. The number of benzene rings is 3. The van der Waals surface area contributed by atoms with Crippen molar-refractivity contribution in [2.75, 3.05) is 11.4 Å². The number of para-hydroxylation sites is 1. The topological polar surface area (TPSA) is 64.4 Å². The average molecular weight is 459 g/mol. The summed E-state index contributed by atoms with van der Waals surface area (Å²) in [6, 6.07) is 21.0. The van der Waals surface area contributed by atoms with Crippen molar-refractivity contribution in [2.45, 2.75) is 33.1 Å². The molecule has 0 unspecified atom stereocenters. The van der Waals surface area contributed by atoms with Crippen molar-refractivity contribution in [3.8, 4) is 6.07 Å². The minimum Gasteiger partial charge on any atom is -0.393 e. The van der Waals surface area contributed by atoms with Crippen molar-refractivity contribution in [1.82, 2.24) is 4.90 Å². The second-order valence-corrected chi connectivity index (χ2v) is 9.67. The lowest BCUT2D eigenvalue weighted by Crippen LogP contribution is -2.42. The van der Waals surface area contributed by atoms with Gasteiger partial charge >= 0.3 is 0 Å². The van der Waals surface area contributed by atoms with E-state index in [0.717, 1.165) is 15.8 Å². The van der Waals surface area contributed by atoms with E-state index in [2.05, 4.69) is 75.2 Å². The number of carbonyl (C=O) groups is 2. The predicted octanol–water partition coefficient (Wildman–Crippen LogP) is 4.78. The van der Waals surface area contributed by atoms with Gasteiger partial charge in [0.15, 0.2) is 0 Å². The summed E-state index contributed by atoms with van der Waals surface area (Å²) in [4.78, 5) is 28.9. The molecule has 0 atom stereocenters. The first-order valence-electron chi connectivity index (χ1n) is 11.8. The summed E-state index contributed by atoms with van der Waals surface area (Å²) in [5, 5.41) is 11.8. The molecule has 0 aliphatic carbocycles. The third-order valence-corrected chi connectivity index (χ3v) is 7.40. The van der Waals surface area contributed by atoms with Gasteiger partial charge < -0.3 is 4.81 Å². The monoisotopic (exact) mass is 459 g/mol. The molecule has 0 fully saturated rings. The average Bonchev–Trinajstić information content (AvgIpc) is 2.85. The molecule has 0 spiro atoms. The van der Waals surface area contributed by atoms with Gasteiger partial charge in [-0.3, -0.25) is 14.5 Å². The second-order valence-electron chi connectivity index (χ2n) is 9.67. The number of hydrogen-bond donors (Lipinski definition) is 0. The molecule has 6 heteroatoms. The number of nitrogens with zero attached hydrogens (tertiary/aromatic N) is 3. The fourth-order valence-corrected chi connectivity index (χ4v) is 5.51. The van der Waals surface area contributed by atoms with Crippen LogP contribution in [-0.4, -0.2) is 31.2 Å². The number of fused-ring (bicyclic) bond motifs is 4. The molecule has 3 aromatic rings. The number of anilines is 2. The number of amides is 2. The summed E-state index contributed by atoms with van der Waals surface area (Å²) in [5.74, 6) is -0.884. The molecule has 0 saturated heterocycles. The van der Waals surface area contributed by atoms with E-state index >= 15 is 0 Å². The molecule has 2 heterocycles. The van der Waals surface area contributed by atoms with Crippen LogP contribution in [0.2, 0.25) is 0 Å². The third kappa shape index (κ3) is 3.23. The molecule has 2 aliphatic heterocycles. The standard InChI is InChI=1S/C29H26BN3O2/c1-5-32-27(34)21(17(2)22(16-31)28(32)35)15-18-10-12-20-19(14-18)11-13-25-26(20)29(3,4)23-8-6-7-9-24(23)33(25)30/h6-15H,5,30H2,1-4H3/b21-15+. The van der Waals surface area contributed by atoms with Crippen LogP contribution < -0.4 is 4.81 Å². The molecule has 0 bridgehead atoms. The molecule has 0 saturated carbocycles. The summed E-state index contributed by atoms with van der Waals surface area (Å²) in [7, 11) is 2.11. The van der Waals surface area contributed by atoms with E-state index in [1.165, 1.54) is 27.9 Å². The van der Waals surface area contributed by atoms with Gasteiger partial charge in [-0.05, 0) is 71.2 Å². The zero-order valence-corrected chi connectivity index (χ0v) is 20.6. The molecule has 5 nitrogen and oxygen atoms in total. The Bertz CT molecular complexity index is 1540. The normalized spacial score (nSPS) is 18.1. The fraction of sp³-hybridized carbons (Fsp3) is 0.207. The van der Waals surface area contributed by atoms with E-state index in [1.807, 2.05) is 12.1 Å². The van der Waals surface area contributed by atoms with Gasteiger partial charge in [0.25, 0.3) is 11.8 Å². The van der Waals surface area contributed by atoms with Crippen LogP contribution in [0.4, 0.5) is 11.4 Å².